The highest BCUT2D eigenvalue weighted by molar-refractivity contribution is 6.42. The fourth-order valence-corrected chi connectivity index (χ4v) is 2.79. The Morgan fingerprint density at radius 3 is 2.38 bits per heavy atom. The van der Waals surface area contributed by atoms with E-state index in [0.717, 1.165) is 22.4 Å². The standard InChI is InChI=1S/C17H13Cl2NO/c1-10-11(2)20-17-14(21-12-6-4-3-5-7-12)9-8-13(18)15(17)16(10)19/h3-9H,1-2H3. The molecule has 0 aliphatic carbocycles. The summed E-state index contributed by atoms with van der Waals surface area (Å²) in [6.45, 7) is 3.86. The molecular formula is C17H13Cl2NO. The summed E-state index contributed by atoms with van der Waals surface area (Å²) in [5.74, 6) is 1.39. The zero-order valence-electron chi connectivity index (χ0n) is 11.7. The van der Waals surface area contributed by atoms with Gasteiger partial charge in [0.05, 0.1) is 10.0 Å². The van der Waals surface area contributed by atoms with Gasteiger partial charge in [-0.3, -0.25) is 0 Å². The number of pyridine rings is 1. The normalized spacial score (nSPS) is 10.9. The summed E-state index contributed by atoms with van der Waals surface area (Å²) in [6.07, 6.45) is 0. The summed E-state index contributed by atoms with van der Waals surface area (Å²) >= 11 is 12.7. The maximum atomic E-state index is 6.43. The van der Waals surface area contributed by atoms with Gasteiger partial charge in [0.2, 0.25) is 0 Å². The molecule has 0 aliphatic rings. The van der Waals surface area contributed by atoms with E-state index in [1.807, 2.05) is 50.2 Å². The Morgan fingerprint density at radius 2 is 1.67 bits per heavy atom. The largest absolute Gasteiger partial charge is 0.455 e. The molecule has 0 amide bonds. The van der Waals surface area contributed by atoms with Gasteiger partial charge < -0.3 is 4.74 Å². The van der Waals surface area contributed by atoms with Gasteiger partial charge in [0.15, 0.2) is 5.75 Å². The molecule has 0 spiro atoms. The Kier molecular flexibility index (Phi) is 3.75. The predicted molar refractivity (Wildman–Crippen MR) is 87.8 cm³/mol. The Morgan fingerprint density at radius 1 is 0.952 bits per heavy atom. The quantitative estimate of drug-likeness (QED) is 0.582. The van der Waals surface area contributed by atoms with Gasteiger partial charge >= 0.3 is 0 Å². The first kappa shape index (κ1) is 14.2. The predicted octanol–water partition coefficient (Wildman–Crippen LogP) is 5.95. The SMILES string of the molecule is Cc1nc2c(Oc3ccccc3)ccc(Cl)c2c(Cl)c1C. The average molecular weight is 318 g/mol. The Bertz CT molecular complexity index is 816. The number of benzene rings is 2. The molecule has 4 heteroatoms. The van der Waals surface area contributed by atoms with E-state index in [-0.39, 0.29) is 0 Å². The van der Waals surface area contributed by atoms with E-state index in [2.05, 4.69) is 4.98 Å². The molecule has 0 saturated heterocycles. The van der Waals surface area contributed by atoms with E-state index in [1.54, 1.807) is 6.07 Å². The fourth-order valence-electron chi connectivity index (χ4n) is 2.16. The smallest absolute Gasteiger partial charge is 0.153 e. The van der Waals surface area contributed by atoms with E-state index in [4.69, 9.17) is 27.9 Å². The highest BCUT2D eigenvalue weighted by Gasteiger charge is 2.15. The molecule has 3 rings (SSSR count). The van der Waals surface area contributed by atoms with Crippen LogP contribution in [0.4, 0.5) is 0 Å². The van der Waals surface area contributed by atoms with Crippen LogP contribution in [0.2, 0.25) is 10.0 Å². The van der Waals surface area contributed by atoms with Crippen LogP contribution < -0.4 is 4.74 Å². The molecule has 1 heterocycles. The second-order valence-electron chi connectivity index (χ2n) is 4.82. The molecule has 0 N–H and O–H groups in total. The minimum Gasteiger partial charge on any atom is -0.455 e. The Hall–Kier alpha value is -1.77. The second kappa shape index (κ2) is 5.55. The van der Waals surface area contributed by atoms with Crippen LogP contribution in [0.3, 0.4) is 0 Å². The fraction of sp³-hybridized carbons (Fsp3) is 0.118. The van der Waals surface area contributed by atoms with Gasteiger partial charge in [0.25, 0.3) is 0 Å². The number of rotatable bonds is 2. The molecule has 2 nitrogen and oxygen atoms in total. The van der Waals surface area contributed by atoms with Crippen molar-refractivity contribution in [1.29, 1.82) is 0 Å². The zero-order valence-corrected chi connectivity index (χ0v) is 13.2. The number of hydrogen-bond donors (Lipinski definition) is 0. The van der Waals surface area contributed by atoms with Gasteiger partial charge in [0.1, 0.15) is 11.3 Å². The molecule has 2 aromatic carbocycles. The zero-order chi connectivity index (χ0) is 15.0. The topological polar surface area (TPSA) is 22.1 Å². The van der Waals surface area contributed by atoms with Gasteiger partial charge in [-0.05, 0) is 43.7 Å². The highest BCUT2D eigenvalue weighted by Crippen LogP contribution is 2.38. The third-order valence-corrected chi connectivity index (χ3v) is 4.22. The number of aryl methyl sites for hydroxylation is 1. The number of para-hydroxylation sites is 1. The van der Waals surface area contributed by atoms with E-state index in [9.17, 15) is 0 Å². The second-order valence-corrected chi connectivity index (χ2v) is 5.61. The van der Waals surface area contributed by atoms with Crippen molar-refractivity contribution < 1.29 is 4.74 Å². The Labute approximate surface area is 133 Å². The van der Waals surface area contributed by atoms with Crippen LogP contribution in [0, 0.1) is 13.8 Å². The van der Waals surface area contributed by atoms with Crippen LogP contribution in [-0.4, -0.2) is 4.98 Å². The molecule has 0 radical (unpaired) electrons. The maximum absolute atomic E-state index is 6.43. The van der Waals surface area contributed by atoms with Gasteiger partial charge in [-0.1, -0.05) is 41.4 Å². The third kappa shape index (κ3) is 2.57. The van der Waals surface area contributed by atoms with E-state index >= 15 is 0 Å². The molecule has 21 heavy (non-hydrogen) atoms. The van der Waals surface area contributed by atoms with Crippen molar-refractivity contribution in [2.24, 2.45) is 0 Å². The van der Waals surface area contributed by atoms with Gasteiger partial charge in [0, 0.05) is 11.1 Å². The molecule has 0 aliphatic heterocycles. The van der Waals surface area contributed by atoms with Gasteiger partial charge in [-0.15, -0.1) is 0 Å². The van der Waals surface area contributed by atoms with Crippen LogP contribution in [0.1, 0.15) is 11.3 Å². The van der Waals surface area contributed by atoms with E-state index in [1.165, 1.54) is 0 Å². The minimum atomic E-state index is 0.575. The summed E-state index contributed by atoms with van der Waals surface area (Å²) in [5, 5.41) is 1.93. The summed E-state index contributed by atoms with van der Waals surface area (Å²) in [6, 6.07) is 13.2. The molecule has 106 valence electrons. The molecule has 3 aromatic rings. The maximum Gasteiger partial charge on any atom is 0.153 e. The number of ether oxygens (including phenoxy) is 1. The van der Waals surface area contributed by atoms with Crippen molar-refractivity contribution in [3.05, 3.63) is 63.8 Å². The lowest BCUT2D eigenvalue weighted by Gasteiger charge is -2.13. The van der Waals surface area contributed by atoms with Crippen LogP contribution in [-0.2, 0) is 0 Å². The van der Waals surface area contributed by atoms with Crippen molar-refractivity contribution in [3.8, 4) is 11.5 Å². The molecule has 0 bridgehead atoms. The van der Waals surface area contributed by atoms with Gasteiger partial charge in [-0.25, -0.2) is 4.98 Å². The van der Waals surface area contributed by atoms with Crippen LogP contribution in [0.15, 0.2) is 42.5 Å². The number of fused-ring (bicyclic) bond motifs is 1. The average Bonchev–Trinajstić information content (AvgIpc) is 2.48. The molecule has 1 aromatic heterocycles. The van der Waals surface area contributed by atoms with Crippen molar-refractivity contribution >= 4 is 34.1 Å². The van der Waals surface area contributed by atoms with Crippen molar-refractivity contribution in [2.45, 2.75) is 13.8 Å². The van der Waals surface area contributed by atoms with Crippen LogP contribution in [0.5, 0.6) is 11.5 Å². The molecule has 0 atom stereocenters. The lowest BCUT2D eigenvalue weighted by Crippen LogP contribution is -1.94. The van der Waals surface area contributed by atoms with Crippen molar-refractivity contribution in [1.82, 2.24) is 4.98 Å². The number of hydrogen-bond acceptors (Lipinski definition) is 2. The molecule has 0 unspecified atom stereocenters. The van der Waals surface area contributed by atoms with E-state index < -0.39 is 0 Å². The van der Waals surface area contributed by atoms with Crippen molar-refractivity contribution in [2.75, 3.05) is 0 Å². The lowest BCUT2D eigenvalue weighted by atomic mass is 10.1. The molecular weight excluding hydrogens is 305 g/mol. The summed E-state index contributed by atoms with van der Waals surface area (Å²) in [4.78, 5) is 4.60. The first-order chi connectivity index (χ1) is 10.1. The first-order valence-corrected chi connectivity index (χ1v) is 7.31. The summed E-state index contributed by atoms with van der Waals surface area (Å²) < 4.78 is 5.92. The lowest BCUT2D eigenvalue weighted by molar-refractivity contribution is 0.487. The third-order valence-electron chi connectivity index (χ3n) is 3.43. The van der Waals surface area contributed by atoms with E-state index in [0.29, 0.717) is 21.3 Å². The van der Waals surface area contributed by atoms with Gasteiger partial charge in [-0.2, -0.15) is 0 Å². The monoisotopic (exact) mass is 317 g/mol. The number of aromatic nitrogens is 1. The summed E-state index contributed by atoms with van der Waals surface area (Å²) in [5.41, 5.74) is 2.48. The Balaban J connectivity index is 2.23. The first-order valence-electron chi connectivity index (χ1n) is 6.55. The summed E-state index contributed by atoms with van der Waals surface area (Å²) in [7, 11) is 0. The van der Waals surface area contributed by atoms with Crippen LogP contribution in [0.25, 0.3) is 10.9 Å². The molecule has 0 fully saturated rings. The molecule has 0 saturated carbocycles. The highest BCUT2D eigenvalue weighted by atomic mass is 35.5. The van der Waals surface area contributed by atoms with Crippen LogP contribution >= 0.6 is 23.2 Å². The minimum absolute atomic E-state index is 0.575. The van der Waals surface area contributed by atoms with Crippen molar-refractivity contribution in [3.63, 3.8) is 0 Å². The number of nitrogens with zero attached hydrogens (tertiary/aromatic N) is 1. The number of halogens is 2.